The van der Waals surface area contributed by atoms with Gasteiger partial charge in [0.05, 0.1) is 10.9 Å². The highest BCUT2D eigenvalue weighted by Gasteiger charge is 2.35. The number of hydrogen-bond acceptors (Lipinski definition) is 4. The molecule has 4 rings (SSSR count). The molecule has 0 aliphatic carbocycles. The number of nitrogens with zero attached hydrogens (tertiary/aromatic N) is 2. The summed E-state index contributed by atoms with van der Waals surface area (Å²) in [5, 5.41) is 12.7. The minimum Gasteiger partial charge on any atom is -0.349 e. The van der Waals surface area contributed by atoms with Crippen molar-refractivity contribution >= 4 is 28.7 Å². The van der Waals surface area contributed by atoms with Gasteiger partial charge in [0.1, 0.15) is 0 Å². The molecule has 2 bridgehead atoms. The number of nitrogens with one attached hydrogen (secondary N) is 2. The van der Waals surface area contributed by atoms with E-state index in [0.717, 1.165) is 40.1 Å². The molecular weight excluding hydrogens is 296 g/mol. The molecule has 2 aliphatic rings. The molecule has 2 atom stereocenters. The van der Waals surface area contributed by atoms with Crippen molar-refractivity contribution in [2.75, 3.05) is 0 Å². The largest absolute Gasteiger partial charge is 0.349 e. The lowest BCUT2D eigenvalue weighted by atomic mass is 10.1. The van der Waals surface area contributed by atoms with Gasteiger partial charge in [-0.15, -0.1) is 0 Å². The van der Waals surface area contributed by atoms with Crippen LogP contribution in [0.4, 0.5) is 0 Å². The van der Waals surface area contributed by atoms with Crippen LogP contribution >= 0.6 is 11.8 Å². The average molecular weight is 316 g/mol. The van der Waals surface area contributed by atoms with Crippen molar-refractivity contribution in [3.05, 3.63) is 23.0 Å². The summed E-state index contributed by atoms with van der Waals surface area (Å²) in [6.45, 7) is 3.83. The Labute approximate surface area is 133 Å². The molecule has 2 N–H and O–H groups in total. The molecule has 116 valence electrons. The molecule has 2 fully saturated rings. The Hall–Kier alpha value is -1.56. The Balaban J connectivity index is 1.61. The van der Waals surface area contributed by atoms with Crippen LogP contribution in [0, 0.1) is 13.8 Å². The first-order valence-electron chi connectivity index (χ1n) is 7.89. The minimum absolute atomic E-state index is 0.0105. The summed E-state index contributed by atoms with van der Waals surface area (Å²) in [7, 11) is 0. The van der Waals surface area contributed by atoms with Crippen molar-refractivity contribution in [3.63, 3.8) is 0 Å². The van der Waals surface area contributed by atoms with Gasteiger partial charge in [0.2, 0.25) is 0 Å². The molecule has 0 aromatic carbocycles. The van der Waals surface area contributed by atoms with Gasteiger partial charge >= 0.3 is 0 Å². The quantitative estimate of drug-likeness (QED) is 0.894. The zero-order valence-electron chi connectivity index (χ0n) is 12.8. The Bertz CT molecular complexity index is 729. The van der Waals surface area contributed by atoms with E-state index in [0.29, 0.717) is 17.3 Å². The third-order valence-corrected chi connectivity index (χ3v) is 6.33. The topological polar surface area (TPSA) is 70.7 Å². The molecular formula is C16H20N4OS. The number of fused-ring (bicyclic) bond motifs is 3. The van der Waals surface area contributed by atoms with Gasteiger partial charge in [-0.3, -0.25) is 9.89 Å². The summed E-state index contributed by atoms with van der Waals surface area (Å²) in [6, 6.07) is 2.17. The zero-order chi connectivity index (χ0) is 15.3. The van der Waals surface area contributed by atoms with Crippen LogP contribution < -0.4 is 5.32 Å². The van der Waals surface area contributed by atoms with E-state index in [1.54, 1.807) is 0 Å². The Morgan fingerprint density at radius 3 is 2.77 bits per heavy atom. The number of thioether (sulfide) groups is 1. The van der Waals surface area contributed by atoms with E-state index in [-0.39, 0.29) is 5.91 Å². The number of hydrogen-bond donors (Lipinski definition) is 2. The maximum atomic E-state index is 12.8. The lowest BCUT2D eigenvalue weighted by Gasteiger charge is -2.28. The highest BCUT2D eigenvalue weighted by atomic mass is 32.2. The van der Waals surface area contributed by atoms with E-state index < -0.39 is 0 Å². The summed E-state index contributed by atoms with van der Waals surface area (Å²) in [6.07, 6.45) is 4.82. The summed E-state index contributed by atoms with van der Waals surface area (Å²) in [4.78, 5) is 17.2. The van der Waals surface area contributed by atoms with E-state index in [9.17, 15) is 4.79 Å². The van der Waals surface area contributed by atoms with Crippen LogP contribution in [0.2, 0.25) is 0 Å². The van der Waals surface area contributed by atoms with Gasteiger partial charge in [-0.2, -0.15) is 16.9 Å². The predicted octanol–water partition coefficient (Wildman–Crippen LogP) is 2.73. The second-order valence-corrected chi connectivity index (χ2v) is 8.06. The highest BCUT2D eigenvalue weighted by Crippen LogP contribution is 2.43. The first-order valence-corrected chi connectivity index (χ1v) is 8.83. The van der Waals surface area contributed by atoms with E-state index in [2.05, 4.69) is 32.3 Å². The SMILES string of the molecule is Cc1cc(C(=O)NC2CC3CCC(C2)S3)c2c(C)[nH]nc2n1. The number of aryl methyl sites for hydroxylation is 2. The summed E-state index contributed by atoms with van der Waals surface area (Å²) >= 11 is 2.11. The fourth-order valence-corrected chi connectivity index (χ4v) is 5.49. The fourth-order valence-electron chi connectivity index (χ4n) is 3.72. The third kappa shape index (κ3) is 2.39. The zero-order valence-corrected chi connectivity index (χ0v) is 13.7. The molecule has 1 amide bonds. The number of aromatic amines is 1. The predicted molar refractivity (Wildman–Crippen MR) is 88.3 cm³/mol. The van der Waals surface area contributed by atoms with Crippen LogP contribution in [-0.4, -0.2) is 37.6 Å². The second-order valence-electron chi connectivity index (χ2n) is 6.46. The van der Waals surface area contributed by atoms with E-state index in [1.807, 2.05) is 19.9 Å². The van der Waals surface area contributed by atoms with E-state index in [4.69, 9.17) is 0 Å². The van der Waals surface area contributed by atoms with Gasteiger partial charge in [0.25, 0.3) is 5.91 Å². The first kappa shape index (κ1) is 14.1. The van der Waals surface area contributed by atoms with Crippen LogP contribution in [-0.2, 0) is 0 Å². The second kappa shape index (κ2) is 5.26. The van der Waals surface area contributed by atoms with E-state index >= 15 is 0 Å². The Kier molecular flexibility index (Phi) is 3.36. The molecule has 2 aromatic rings. The number of carbonyl (C=O) groups excluding carboxylic acids is 1. The number of aromatic nitrogens is 3. The number of amides is 1. The van der Waals surface area contributed by atoms with Crippen molar-refractivity contribution in [1.82, 2.24) is 20.5 Å². The van der Waals surface area contributed by atoms with E-state index in [1.165, 1.54) is 12.8 Å². The number of rotatable bonds is 2. The molecule has 0 saturated carbocycles. The summed E-state index contributed by atoms with van der Waals surface area (Å²) < 4.78 is 0. The normalized spacial score (nSPS) is 27.3. The molecule has 2 aromatic heterocycles. The number of carbonyl (C=O) groups is 1. The van der Waals surface area contributed by atoms with Crippen LogP contribution in [0.25, 0.3) is 11.0 Å². The van der Waals surface area contributed by atoms with Gasteiger partial charge in [-0.1, -0.05) is 0 Å². The van der Waals surface area contributed by atoms with Crippen molar-refractivity contribution in [2.24, 2.45) is 0 Å². The number of H-pyrrole nitrogens is 1. The molecule has 22 heavy (non-hydrogen) atoms. The maximum Gasteiger partial charge on any atom is 0.252 e. The van der Waals surface area contributed by atoms with Gasteiger partial charge in [0.15, 0.2) is 5.65 Å². The molecule has 6 heteroatoms. The Morgan fingerprint density at radius 2 is 2.05 bits per heavy atom. The smallest absolute Gasteiger partial charge is 0.252 e. The molecule has 4 heterocycles. The lowest BCUT2D eigenvalue weighted by molar-refractivity contribution is 0.0934. The third-order valence-electron chi connectivity index (χ3n) is 4.70. The fraction of sp³-hybridized carbons (Fsp3) is 0.562. The van der Waals surface area contributed by atoms with Crippen LogP contribution in [0.3, 0.4) is 0 Å². The Morgan fingerprint density at radius 1 is 1.32 bits per heavy atom. The van der Waals surface area contributed by atoms with Gasteiger partial charge < -0.3 is 5.32 Å². The van der Waals surface area contributed by atoms with Gasteiger partial charge in [-0.25, -0.2) is 4.98 Å². The maximum absolute atomic E-state index is 12.8. The van der Waals surface area contributed by atoms with Crippen molar-refractivity contribution in [3.8, 4) is 0 Å². The molecule has 5 nitrogen and oxygen atoms in total. The molecule has 0 spiro atoms. The molecule has 2 unspecified atom stereocenters. The molecule has 2 saturated heterocycles. The summed E-state index contributed by atoms with van der Waals surface area (Å²) in [5.74, 6) is 0.0105. The monoisotopic (exact) mass is 316 g/mol. The van der Waals surface area contributed by atoms with Crippen molar-refractivity contribution in [1.29, 1.82) is 0 Å². The average Bonchev–Trinajstić information content (AvgIpc) is 3.01. The van der Waals surface area contributed by atoms with Crippen LogP contribution in [0.5, 0.6) is 0 Å². The van der Waals surface area contributed by atoms with Crippen LogP contribution in [0.15, 0.2) is 6.07 Å². The summed E-state index contributed by atoms with van der Waals surface area (Å²) in [5.41, 5.74) is 3.04. The molecule has 2 aliphatic heterocycles. The van der Waals surface area contributed by atoms with Gasteiger partial charge in [-0.05, 0) is 45.6 Å². The van der Waals surface area contributed by atoms with Crippen molar-refractivity contribution < 1.29 is 4.79 Å². The first-order chi connectivity index (χ1) is 10.6. The number of pyridine rings is 1. The molecule has 0 radical (unpaired) electrons. The highest BCUT2D eigenvalue weighted by molar-refractivity contribution is 8.00. The minimum atomic E-state index is 0.0105. The van der Waals surface area contributed by atoms with Gasteiger partial charge in [0, 0.05) is 27.9 Å². The lowest BCUT2D eigenvalue weighted by Crippen LogP contribution is -2.39. The van der Waals surface area contributed by atoms with Crippen LogP contribution in [0.1, 0.15) is 47.4 Å². The van der Waals surface area contributed by atoms with Crippen molar-refractivity contribution in [2.45, 2.75) is 56.1 Å². The standard InChI is InChI=1S/C16H20N4OS/c1-8-5-13(14-9(2)19-20-15(14)17-8)16(21)18-10-6-11-3-4-12(7-10)22-11/h5,10-12H,3-4,6-7H2,1-2H3,(H,18,21)(H,17,19,20).